The van der Waals surface area contributed by atoms with Crippen molar-refractivity contribution < 1.29 is 9.47 Å². The third-order valence-corrected chi connectivity index (χ3v) is 3.84. The Labute approximate surface area is 88.0 Å². The normalized spacial score (nSPS) is 43.9. The number of hydrogen-bond acceptors (Lipinski definition) is 2. The Morgan fingerprint density at radius 3 is 2.29 bits per heavy atom. The van der Waals surface area contributed by atoms with E-state index in [2.05, 4.69) is 27.7 Å². The highest BCUT2D eigenvalue weighted by atomic mass is 16.5. The number of rotatable bonds is 3. The van der Waals surface area contributed by atoms with Gasteiger partial charge >= 0.3 is 0 Å². The maximum Gasteiger partial charge on any atom is 0.0604 e. The number of ether oxygens (including phenoxy) is 2. The highest BCUT2D eigenvalue weighted by Gasteiger charge is 2.38. The largest absolute Gasteiger partial charge is 0.384 e. The van der Waals surface area contributed by atoms with Crippen LogP contribution in [0.5, 0.6) is 0 Å². The van der Waals surface area contributed by atoms with Gasteiger partial charge in [-0.3, -0.25) is 0 Å². The third kappa shape index (κ3) is 2.29. The first-order valence-electron chi connectivity index (χ1n) is 5.76. The molecule has 1 aliphatic heterocycles. The van der Waals surface area contributed by atoms with Crippen molar-refractivity contribution in [3.8, 4) is 0 Å². The van der Waals surface area contributed by atoms with Crippen LogP contribution >= 0.6 is 0 Å². The Hall–Kier alpha value is -0.0800. The van der Waals surface area contributed by atoms with Gasteiger partial charge in [-0.1, -0.05) is 20.8 Å². The first kappa shape index (κ1) is 12.0. The van der Waals surface area contributed by atoms with Crippen LogP contribution in [0.2, 0.25) is 0 Å². The topological polar surface area (TPSA) is 18.5 Å². The summed E-state index contributed by atoms with van der Waals surface area (Å²) in [6, 6.07) is 0. The molecule has 5 unspecified atom stereocenters. The minimum Gasteiger partial charge on any atom is -0.384 e. The highest BCUT2D eigenvalue weighted by Crippen LogP contribution is 2.36. The molecule has 0 bridgehead atoms. The quantitative estimate of drug-likeness (QED) is 0.697. The van der Waals surface area contributed by atoms with E-state index in [1.54, 1.807) is 7.11 Å². The predicted octanol–water partition coefficient (Wildman–Crippen LogP) is 2.72. The van der Waals surface area contributed by atoms with E-state index in [4.69, 9.17) is 9.47 Å². The lowest BCUT2D eigenvalue weighted by Crippen LogP contribution is -2.45. The zero-order chi connectivity index (χ0) is 10.7. The molecular weight excluding hydrogens is 176 g/mol. The van der Waals surface area contributed by atoms with Crippen molar-refractivity contribution in [1.82, 2.24) is 0 Å². The lowest BCUT2D eigenvalue weighted by molar-refractivity contribution is -0.143. The molecule has 0 spiro atoms. The second-order valence-corrected chi connectivity index (χ2v) is 4.63. The molecule has 0 saturated carbocycles. The van der Waals surface area contributed by atoms with Crippen molar-refractivity contribution in [2.75, 3.05) is 13.7 Å². The summed E-state index contributed by atoms with van der Waals surface area (Å²) in [5.41, 5.74) is 0. The minimum absolute atomic E-state index is 0.339. The molecule has 14 heavy (non-hydrogen) atoms. The lowest BCUT2D eigenvalue weighted by atomic mass is 9.75. The molecule has 84 valence electrons. The molecule has 0 N–H and O–H groups in total. The highest BCUT2D eigenvalue weighted by molar-refractivity contribution is 4.85. The summed E-state index contributed by atoms with van der Waals surface area (Å²) in [6.07, 6.45) is 1.90. The molecule has 2 nitrogen and oxygen atoms in total. The molecule has 0 radical (unpaired) electrons. The monoisotopic (exact) mass is 200 g/mol. The smallest absolute Gasteiger partial charge is 0.0604 e. The van der Waals surface area contributed by atoms with E-state index in [0.29, 0.717) is 30.0 Å². The van der Waals surface area contributed by atoms with Gasteiger partial charge in [-0.05, 0) is 25.2 Å². The van der Waals surface area contributed by atoms with Crippen molar-refractivity contribution >= 4 is 0 Å². The summed E-state index contributed by atoms with van der Waals surface area (Å²) >= 11 is 0. The zero-order valence-electron chi connectivity index (χ0n) is 10.1. The molecule has 0 amide bonds. The van der Waals surface area contributed by atoms with Gasteiger partial charge in [0.25, 0.3) is 0 Å². The van der Waals surface area contributed by atoms with Crippen molar-refractivity contribution in [2.24, 2.45) is 17.8 Å². The average Bonchev–Trinajstić information content (AvgIpc) is 2.18. The second kappa shape index (κ2) is 5.13. The molecule has 1 fully saturated rings. The van der Waals surface area contributed by atoms with Crippen LogP contribution in [-0.2, 0) is 9.47 Å². The van der Waals surface area contributed by atoms with Crippen LogP contribution < -0.4 is 0 Å². The molecule has 2 heteroatoms. The Morgan fingerprint density at radius 1 is 1.14 bits per heavy atom. The number of hydrogen-bond donors (Lipinski definition) is 0. The van der Waals surface area contributed by atoms with E-state index in [-0.39, 0.29) is 0 Å². The summed E-state index contributed by atoms with van der Waals surface area (Å²) in [7, 11) is 1.77. The van der Waals surface area contributed by atoms with Gasteiger partial charge in [0.15, 0.2) is 0 Å². The molecule has 0 aliphatic carbocycles. The molecule has 1 heterocycles. The van der Waals surface area contributed by atoms with Crippen LogP contribution in [0.1, 0.15) is 34.1 Å². The summed E-state index contributed by atoms with van der Waals surface area (Å²) in [6.45, 7) is 9.83. The Bertz CT molecular complexity index is 170. The molecule has 1 aliphatic rings. The third-order valence-electron chi connectivity index (χ3n) is 3.84. The van der Waals surface area contributed by atoms with Crippen LogP contribution in [0.3, 0.4) is 0 Å². The van der Waals surface area contributed by atoms with Gasteiger partial charge in [-0.15, -0.1) is 0 Å². The first-order chi connectivity index (χ1) is 6.61. The summed E-state index contributed by atoms with van der Waals surface area (Å²) in [5.74, 6) is 1.90. The van der Waals surface area contributed by atoms with Crippen LogP contribution in [0.4, 0.5) is 0 Å². The average molecular weight is 200 g/mol. The van der Waals surface area contributed by atoms with Gasteiger partial charge in [0.05, 0.1) is 18.8 Å². The van der Waals surface area contributed by atoms with Crippen molar-refractivity contribution in [3.63, 3.8) is 0 Å². The Balaban J connectivity index is 2.63. The van der Waals surface area contributed by atoms with Gasteiger partial charge in [0, 0.05) is 13.0 Å². The molecule has 0 aromatic heterocycles. The maximum absolute atomic E-state index is 6.00. The molecular formula is C12H24O2. The molecule has 5 atom stereocenters. The fourth-order valence-electron chi connectivity index (χ4n) is 2.60. The van der Waals surface area contributed by atoms with Crippen LogP contribution in [0, 0.1) is 17.8 Å². The molecule has 0 aromatic carbocycles. The molecule has 1 saturated heterocycles. The van der Waals surface area contributed by atoms with E-state index >= 15 is 0 Å². The Morgan fingerprint density at radius 2 is 1.79 bits per heavy atom. The van der Waals surface area contributed by atoms with Gasteiger partial charge in [0.1, 0.15) is 0 Å². The van der Waals surface area contributed by atoms with E-state index in [1.807, 2.05) is 0 Å². The van der Waals surface area contributed by atoms with Crippen LogP contribution in [-0.4, -0.2) is 25.9 Å². The fourth-order valence-corrected chi connectivity index (χ4v) is 2.60. The van der Waals surface area contributed by atoms with Gasteiger partial charge in [-0.25, -0.2) is 0 Å². The van der Waals surface area contributed by atoms with Crippen molar-refractivity contribution in [1.29, 1.82) is 0 Å². The standard InChI is InChI=1S/C12H24O2/c1-6-12-9(3)8(2)11(7-13-5)10(4)14-12/h8-12H,6-7H2,1-5H3. The van der Waals surface area contributed by atoms with E-state index in [1.165, 1.54) is 0 Å². The first-order valence-corrected chi connectivity index (χ1v) is 5.76. The molecule has 1 rings (SSSR count). The maximum atomic E-state index is 6.00. The second-order valence-electron chi connectivity index (χ2n) is 4.63. The van der Waals surface area contributed by atoms with E-state index < -0.39 is 0 Å². The lowest BCUT2D eigenvalue weighted by Gasteiger charge is -2.43. The summed E-state index contributed by atoms with van der Waals surface area (Å²) in [4.78, 5) is 0. The minimum atomic E-state index is 0.339. The van der Waals surface area contributed by atoms with Crippen molar-refractivity contribution in [3.05, 3.63) is 0 Å². The summed E-state index contributed by atoms with van der Waals surface area (Å²) < 4.78 is 11.3. The number of methoxy groups -OCH3 is 1. The van der Waals surface area contributed by atoms with Crippen molar-refractivity contribution in [2.45, 2.75) is 46.3 Å². The Kier molecular flexibility index (Phi) is 4.39. The summed E-state index contributed by atoms with van der Waals surface area (Å²) in [5, 5.41) is 0. The fraction of sp³-hybridized carbons (Fsp3) is 1.00. The van der Waals surface area contributed by atoms with E-state index in [0.717, 1.165) is 13.0 Å². The molecule has 0 aromatic rings. The van der Waals surface area contributed by atoms with Gasteiger partial charge in [-0.2, -0.15) is 0 Å². The van der Waals surface area contributed by atoms with Gasteiger partial charge in [0.2, 0.25) is 0 Å². The zero-order valence-corrected chi connectivity index (χ0v) is 10.1. The van der Waals surface area contributed by atoms with E-state index in [9.17, 15) is 0 Å². The van der Waals surface area contributed by atoms with Crippen LogP contribution in [0.15, 0.2) is 0 Å². The predicted molar refractivity (Wildman–Crippen MR) is 58.3 cm³/mol. The van der Waals surface area contributed by atoms with Gasteiger partial charge < -0.3 is 9.47 Å². The SMILES string of the molecule is CCC1OC(C)C(COC)C(C)C1C. The van der Waals surface area contributed by atoms with Crippen LogP contribution in [0.25, 0.3) is 0 Å².